The first kappa shape index (κ1) is 21.9. The molecule has 0 aliphatic carbocycles. The second-order valence-electron chi connectivity index (χ2n) is 6.18. The molecular weight excluding hydrogens is 447 g/mol. The molecule has 0 spiro atoms. The van der Waals surface area contributed by atoms with Crippen molar-refractivity contribution in [3.8, 4) is 5.75 Å². The molecule has 12 heteroatoms. The van der Waals surface area contributed by atoms with E-state index in [1.807, 2.05) is 32.0 Å². The maximum atomic E-state index is 13.0. The van der Waals surface area contributed by atoms with Gasteiger partial charge < -0.3 is 9.15 Å². The summed E-state index contributed by atoms with van der Waals surface area (Å²) in [6, 6.07) is 6.91. The van der Waals surface area contributed by atoms with E-state index in [2.05, 4.69) is 10.2 Å². The molecule has 0 atom stereocenters. The van der Waals surface area contributed by atoms with Gasteiger partial charge in [-0.1, -0.05) is 23.7 Å². The lowest BCUT2D eigenvalue weighted by Crippen LogP contribution is -2.07. The van der Waals surface area contributed by atoms with E-state index in [0.29, 0.717) is 23.6 Å². The van der Waals surface area contributed by atoms with Crippen LogP contribution in [0.2, 0.25) is 5.02 Å². The Morgan fingerprint density at radius 3 is 2.63 bits per heavy atom. The minimum absolute atomic E-state index is 0.0479. The Kier molecular flexibility index (Phi) is 6.22. The highest BCUT2D eigenvalue weighted by Crippen LogP contribution is 2.42. The molecule has 2 aromatic carbocycles. The van der Waals surface area contributed by atoms with Gasteiger partial charge in [0.25, 0.3) is 16.8 Å². The summed E-state index contributed by atoms with van der Waals surface area (Å²) < 4.78 is 49.9. The summed E-state index contributed by atoms with van der Waals surface area (Å²) in [6.07, 6.45) is -4.83. The molecule has 1 aromatic heterocycles. The Labute approximate surface area is 177 Å². The monoisotopic (exact) mass is 459 g/mol. The van der Waals surface area contributed by atoms with E-state index in [4.69, 9.17) is 20.8 Å². The number of benzene rings is 2. The number of hydrogen-bond acceptors (Lipinski definition) is 7. The molecule has 0 bridgehead atoms. The minimum Gasteiger partial charge on any atom is -0.484 e. The van der Waals surface area contributed by atoms with E-state index >= 15 is 0 Å². The van der Waals surface area contributed by atoms with Gasteiger partial charge in [-0.3, -0.25) is 10.1 Å². The summed E-state index contributed by atoms with van der Waals surface area (Å²) in [5.74, 6) is 0.728. The third kappa shape index (κ3) is 5.03. The van der Waals surface area contributed by atoms with E-state index < -0.39 is 27.4 Å². The molecule has 7 nitrogen and oxygen atoms in total. The van der Waals surface area contributed by atoms with Crippen molar-refractivity contribution in [2.24, 2.45) is 0 Å². The Hall–Kier alpha value is -2.79. The topological polar surface area (TPSA) is 91.3 Å². The number of nitro benzene ring substituents is 1. The van der Waals surface area contributed by atoms with Crippen LogP contribution in [0.4, 0.5) is 18.9 Å². The highest BCUT2D eigenvalue weighted by Gasteiger charge is 2.36. The van der Waals surface area contributed by atoms with Crippen molar-refractivity contribution in [3.05, 3.63) is 68.0 Å². The van der Waals surface area contributed by atoms with Crippen LogP contribution >= 0.6 is 23.4 Å². The van der Waals surface area contributed by atoms with Crippen molar-refractivity contribution in [3.63, 3.8) is 0 Å². The highest BCUT2D eigenvalue weighted by atomic mass is 35.5. The van der Waals surface area contributed by atoms with Crippen LogP contribution in [0.1, 0.15) is 22.6 Å². The Morgan fingerprint density at radius 2 is 1.97 bits per heavy atom. The van der Waals surface area contributed by atoms with E-state index in [1.54, 1.807) is 0 Å². The van der Waals surface area contributed by atoms with Gasteiger partial charge in [-0.05, 0) is 48.9 Å². The van der Waals surface area contributed by atoms with E-state index in [-0.39, 0.29) is 22.6 Å². The van der Waals surface area contributed by atoms with Gasteiger partial charge in [-0.15, -0.1) is 10.2 Å². The number of nitro groups is 1. The lowest BCUT2D eigenvalue weighted by atomic mass is 10.1. The van der Waals surface area contributed by atoms with Gasteiger partial charge in [0, 0.05) is 6.07 Å². The lowest BCUT2D eigenvalue weighted by Gasteiger charge is -2.10. The Bertz CT molecular complexity index is 1100. The molecule has 0 radical (unpaired) electrons. The van der Waals surface area contributed by atoms with Crippen LogP contribution in [-0.4, -0.2) is 15.1 Å². The number of aryl methyl sites for hydroxylation is 2. The first-order valence-electron chi connectivity index (χ1n) is 8.30. The molecule has 0 saturated carbocycles. The Morgan fingerprint density at radius 1 is 1.23 bits per heavy atom. The molecule has 3 rings (SSSR count). The molecule has 0 fully saturated rings. The second-order valence-corrected chi connectivity index (χ2v) is 7.58. The van der Waals surface area contributed by atoms with Gasteiger partial charge in [0.2, 0.25) is 0 Å². The second kappa shape index (κ2) is 8.52. The minimum atomic E-state index is -4.83. The van der Waals surface area contributed by atoms with Gasteiger partial charge in [-0.25, -0.2) is 0 Å². The normalized spacial score (nSPS) is 11.5. The van der Waals surface area contributed by atoms with Gasteiger partial charge in [0.15, 0.2) is 6.61 Å². The van der Waals surface area contributed by atoms with Crippen molar-refractivity contribution in [1.29, 1.82) is 0 Å². The van der Waals surface area contributed by atoms with Crippen LogP contribution in [0.3, 0.4) is 0 Å². The fourth-order valence-electron chi connectivity index (χ4n) is 2.42. The summed E-state index contributed by atoms with van der Waals surface area (Å²) in [7, 11) is 0. The van der Waals surface area contributed by atoms with Gasteiger partial charge in [0.05, 0.1) is 20.4 Å². The largest absolute Gasteiger partial charge is 0.484 e. The molecule has 0 N–H and O–H groups in total. The van der Waals surface area contributed by atoms with E-state index in [1.165, 1.54) is 0 Å². The summed E-state index contributed by atoms with van der Waals surface area (Å²) in [4.78, 5) is 10.1. The average molecular weight is 460 g/mol. The fraction of sp³-hybridized carbons (Fsp3) is 0.222. The molecule has 0 unspecified atom stereocenters. The molecule has 0 aliphatic rings. The fourth-order valence-corrected chi connectivity index (χ4v) is 3.58. The third-order valence-electron chi connectivity index (χ3n) is 3.89. The lowest BCUT2D eigenvalue weighted by molar-refractivity contribution is -0.388. The number of aromatic nitrogens is 2. The number of rotatable bonds is 6. The number of halogens is 4. The number of hydrogen-bond donors (Lipinski definition) is 0. The summed E-state index contributed by atoms with van der Waals surface area (Å²) in [5.41, 5.74) is -0.162. The Balaban J connectivity index is 1.79. The first-order chi connectivity index (χ1) is 14.0. The number of alkyl halides is 3. The van der Waals surface area contributed by atoms with Crippen LogP contribution < -0.4 is 4.74 Å². The average Bonchev–Trinajstić information content (AvgIpc) is 3.08. The van der Waals surface area contributed by atoms with Crippen molar-refractivity contribution in [2.75, 3.05) is 0 Å². The molecule has 1 heterocycles. The maximum Gasteiger partial charge on any atom is 0.418 e. The predicted octanol–water partition coefficient (Wildman–Crippen LogP) is 6.00. The van der Waals surface area contributed by atoms with Crippen LogP contribution in [0.5, 0.6) is 5.75 Å². The molecular formula is C18H13ClF3N3O4S. The smallest absolute Gasteiger partial charge is 0.418 e. The van der Waals surface area contributed by atoms with Gasteiger partial charge in [-0.2, -0.15) is 13.2 Å². The van der Waals surface area contributed by atoms with Crippen molar-refractivity contribution in [2.45, 2.75) is 36.7 Å². The molecule has 0 amide bonds. The quantitative estimate of drug-likeness (QED) is 0.330. The first-order valence-corrected chi connectivity index (χ1v) is 9.49. The summed E-state index contributed by atoms with van der Waals surface area (Å²) >= 11 is 6.30. The van der Waals surface area contributed by atoms with Crippen LogP contribution in [0, 0.1) is 24.0 Å². The highest BCUT2D eigenvalue weighted by molar-refractivity contribution is 7.99. The molecule has 3 aromatic rings. The van der Waals surface area contributed by atoms with E-state index in [0.717, 1.165) is 17.2 Å². The number of ether oxygens (including phenoxy) is 1. The predicted molar refractivity (Wildman–Crippen MR) is 102 cm³/mol. The van der Waals surface area contributed by atoms with Crippen molar-refractivity contribution in [1.82, 2.24) is 10.2 Å². The van der Waals surface area contributed by atoms with Crippen LogP contribution in [-0.2, 0) is 12.8 Å². The van der Waals surface area contributed by atoms with E-state index in [9.17, 15) is 23.3 Å². The molecule has 158 valence electrons. The summed E-state index contributed by atoms with van der Waals surface area (Å²) in [6.45, 7) is 3.74. The van der Waals surface area contributed by atoms with Crippen LogP contribution in [0.15, 0.2) is 44.9 Å². The zero-order valence-corrected chi connectivity index (χ0v) is 17.1. The number of nitrogens with zero attached hydrogens (tertiary/aromatic N) is 3. The molecule has 30 heavy (non-hydrogen) atoms. The third-order valence-corrected chi connectivity index (χ3v) is 5.09. The standard InChI is InChI=1S/C18H13ClF3N3O4S/c1-9-3-4-10(2)14(5-9)28-8-16-23-24-17(29-16)30-15-7-12(19)11(18(20,21)22)6-13(15)25(26)27/h3-7H,8H2,1-2H3. The van der Waals surface area contributed by atoms with Gasteiger partial charge in [0.1, 0.15) is 5.75 Å². The maximum absolute atomic E-state index is 13.0. The van der Waals surface area contributed by atoms with Gasteiger partial charge >= 0.3 is 6.18 Å². The molecule has 0 aliphatic heterocycles. The molecule has 0 saturated heterocycles. The zero-order valence-electron chi connectivity index (χ0n) is 15.5. The van der Waals surface area contributed by atoms with Crippen molar-refractivity contribution < 1.29 is 27.2 Å². The van der Waals surface area contributed by atoms with Crippen molar-refractivity contribution >= 4 is 29.1 Å². The van der Waals surface area contributed by atoms with Crippen LogP contribution in [0.25, 0.3) is 0 Å². The SMILES string of the molecule is Cc1ccc(C)c(OCc2nnc(Sc3cc(Cl)c(C(F)(F)F)cc3[N+](=O)[O-])o2)c1. The zero-order chi connectivity index (χ0) is 22.1. The summed E-state index contributed by atoms with van der Waals surface area (Å²) in [5, 5.41) is 18.0.